The van der Waals surface area contributed by atoms with Crippen LogP contribution in [0.5, 0.6) is 5.75 Å². The third-order valence-corrected chi connectivity index (χ3v) is 4.98. The minimum absolute atomic E-state index is 0.226. The van der Waals surface area contributed by atoms with Crippen molar-refractivity contribution < 1.29 is 19.4 Å². The molecule has 0 radical (unpaired) electrons. The van der Waals surface area contributed by atoms with E-state index in [4.69, 9.17) is 9.47 Å². The molecule has 0 aliphatic heterocycles. The van der Waals surface area contributed by atoms with Crippen molar-refractivity contribution in [2.24, 2.45) is 0 Å². The van der Waals surface area contributed by atoms with Crippen LogP contribution in [0.15, 0.2) is 110 Å². The molecule has 1 atom stereocenters. The second kappa shape index (κ2) is 11.5. The summed E-state index contributed by atoms with van der Waals surface area (Å²) in [6.07, 6.45) is 13.5. The molecule has 1 unspecified atom stereocenters. The number of carbonyl (C=O) groups is 1. The average molecular weight is 465 g/mol. The average Bonchev–Trinajstić information content (AvgIpc) is 2.92. The first-order valence-electron chi connectivity index (χ1n) is 11.0. The molecule has 35 heavy (non-hydrogen) atoms. The number of rotatable bonds is 9. The molecule has 6 heteroatoms. The molecule has 4 aromatic rings. The van der Waals surface area contributed by atoms with Crippen molar-refractivity contribution in [3.63, 3.8) is 0 Å². The predicted octanol–water partition coefficient (Wildman–Crippen LogP) is 5.28. The van der Waals surface area contributed by atoms with E-state index >= 15 is 0 Å². The zero-order valence-electron chi connectivity index (χ0n) is 18.9. The van der Waals surface area contributed by atoms with Crippen LogP contribution in [0.25, 0.3) is 18.2 Å². The van der Waals surface area contributed by atoms with Crippen LogP contribution in [0.3, 0.4) is 0 Å². The lowest BCUT2D eigenvalue weighted by Gasteiger charge is -2.25. The third-order valence-electron chi connectivity index (χ3n) is 4.98. The molecule has 0 saturated carbocycles. The fourth-order valence-corrected chi connectivity index (χ4v) is 3.13. The van der Waals surface area contributed by atoms with Crippen molar-refractivity contribution in [3.8, 4) is 5.75 Å². The van der Waals surface area contributed by atoms with Crippen LogP contribution >= 0.6 is 0 Å². The SMILES string of the molecule is O=C(OC(O)(C=Cc1ccc(C=Cc2cccnc2)cc1)COc1ccccc1)c1cccnc1. The summed E-state index contributed by atoms with van der Waals surface area (Å²) < 4.78 is 11.1. The van der Waals surface area contributed by atoms with E-state index < -0.39 is 11.8 Å². The van der Waals surface area contributed by atoms with Gasteiger partial charge in [0.25, 0.3) is 5.79 Å². The molecule has 0 spiro atoms. The molecule has 0 aliphatic carbocycles. The lowest BCUT2D eigenvalue weighted by Crippen LogP contribution is -2.39. The summed E-state index contributed by atoms with van der Waals surface area (Å²) in [5, 5.41) is 11.1. The number of aromatic nitrogens is 2. The fourth-order valence-electron chi connectivity index (χ4n) is 3.13. The number of nitrogens with zero attached hydrogens (tertiary/aromatic N) is 2. The van der Waals surface area contributed by atoms with Gasteiger partial charge in [0, 0.05) is 24.8 Å². The topological polar surface area (TPSA) is 81.5 Å². The Morgan fingerprint density at radius 3 is 2.09 bits per heavy atom. The quantitative estimate of drug-likeness (QED) is 0.268. The van der Waals surface area contributed by atoms with Gasteiger partial charge in [0.2, 0.25) is 0 Å². The molecule has 0 fully saturated rings. The first-order chi connectivity index (χ1) is 17.1. The van der Waals surface area contributed by atoms with Gasteiger partial charge in [-0.3, -0.25) is 9.97 Å². The Hall–Kier alpha value is -4.55. The van der Waals surface area contributed by atoms with Crippen molar-refractivity contribution in [2.45, 2.75) is 5.79 Å². The van der Waals surface area contributed by atoms with Gasteiger partial charge in [0.1, 0.15) is 5.75 Å². The van der Waals surface area contributed by atoms with Gasteiger partial charge in [0.15, 0.2) is 6.61 Å². The third kappa shape index (κ3) is 7.22. The first kappa shape index (κ1) is 23.6. The maximum absolute atomic E-state index is 12.6. The summed E-state index contributed by atoms with van der Waals surface area (Å²) >= 11 is 0. The highest BCUT2D eigenvalue weighted by molar-refractivity contribution is 5.89. The number of hydrogen-bond acceptors (Lipinski definition) is 6. The predicted molar refractivity (Wildman–Crippen MR) is 135 cm³/mol. The molecule has 0 bridgehead atoms. The van der Waals surface area contributed by atoms with Gasteiger partial charge in [-0.25, -0.2) is 4.79 Å². The van der Waals surface area contributed by atoms with E-state index in [1.807, 2.05) is 66.7 Å². The zero-order valence-corrected chi connectivity index (χ0v) is 18.9. The lowest BCUT2D eigenvalue weighted by molar-refractivity contribution is -0.147. The number of para-hydroxylation sites is 1. The van der Waals surface area contributed by atoms with Crippen LogP contribution in [0.4, 0.5) is 0 Å². The highest BCUT2D eigenvalue weighted by Crippen LogP contribution is 2.19. The number of pyridine rings is 2. The van der Waals surface area contributed by atoms with E-state index in [9.17, 15) is 9.90 Å². The lowest BCUT2D eigenvalue weighted by atomic mass is 10.1. The Bertz CT molecular complexity index is 1270. The van der Waals surface area contributed by atoms with E-state index in [-0.39, 0.29) is 12.2 Å². The van der Waals surface area contributed by atoms with Gasteiger partial charge in [-0.05, 0) is 53.1 Å². The second-order valence-corrected chi connectivity index (χ2v) is 7.70. The van der Waals surface area contributed by atoms with Gasteiger partial charge in [-0.15, -0.1) is 0 Å². The number of ether oxygens (including phenoxy) is 2. The Labute approximate surface area is 203 Å². The monoisotopic (exact) mass is 464 g/mol. The summed E-state index contributed by atoms with van der Waals surface area (Å²) in [7, 11) is 0. The Balaban J connectivity index is 1.48. The van der Waals surface area contributed by atoms with E-state index in [0.717, 1.165) is 16.7 Å². The Kier molecular flexibility index (Phi) is 7.78. The van der Waals surface area contributed by atoms with Crippen molar-refractivity contribution in [1.29, 1.82) is 0 Å². The van der Waals surface area contributed by atoms with E-state index in [2.05, 4.69) is 9.97 Å². The summed E-state index contributed by atoms with van der Waals surface area (Å²) in [5.41, 5.74) is 3.06. The molecule has 0 aliphatic rings. The van der Waals surface area contributed by atoms with Gasteiger partial charge in [-0.1, -0.05) is 66.8 Å². The fraction of sp³-hybridized carbons (Fsp3) is 0.0690. The minimum Gasteiger partial charge on any atom is -0.486 e. The number of esters is 1. The molecule has 0 saturated heterocycles. The standard InChI is InChI=1S/C29H24N2O4/c32-28(26-7-5-19-31-21-26)35-29(33,22-34-27-8-2-1-3-9-27)17-16-24-12-10-23(11-13-24)14-15-25-6-4-18-30-20-25/h1-21,33H,22H2. The molecule has 1 N–H and O–H groups in total. The van der Waals surface area contributed by atoms with Crippen LogP contribution in [-0.4, -0.2) is 33.4 Å². The van der Waals surface area contributed by atoms with Crippen molar-refractivity contribution in [3.05, 3.63) is 132 Å². The normalized spacial score (nSPS) is 12.9. The number of benzene rings is 2. The molecule has 2 heterocycles. The molecule has 174 valence electrons. The van der Waals surface area contributed by atoms with Crippen molar-refractivity contribution >= 4 is 24.2 Å². The van der Waals surface area contributed by atoms with Crippen LogP contribution in [0.1, 0.15) is 27.0 Å². The first-order valence-corrected chi connectivity index (χ1v) is 11.0. The highest BCUT2D eigenvalue weighted by atomic mass is 16.7. The summed E-state index contributed by atoms with van der Waals surface area (Å²) in [6, 6.07) is 23.8. The number of hydrogen-bond donors (Lipinski definition) is 1. The minimum atomic E-state index is -2.00. The maximum atomic E-state index is 12.6. The van der Waals surface area contributed by atoms with Gasteiger partial charge >= 0.3 is 5.97 Å². The largest absolute Gasteiger partial charge is 0.486 e. The van der Waals surface area contributed by atoms with Gasteiger partial charge in [-0.2, -0.15) is 0 Å². The molecule has 2 aromatic heterocycles. The highest BCUT2D eigenvalue weighted by Gasteiger charge is 2.30. The van der Waals surface area contributed by atoms with Crippen LogP contribution in [0.2, 0.25) is 0 Å². The number of aliphatic hydroxyl groups is 1. The summed E-state index contributed by atoms with van der Waals surface area (Å²) in [6.45, 7) is -0.286. The summed E-state index contributed by atoms with van der Waals surface area (Å²) in [5.74, 6) is -2.17. The molecule has 4 rings (SSSR count). The summed E-state index contributed by atoms with van der Waals surface area (Å²) in [4.78, 5) is 20.6. The maximum Gasteiger partial charge on any atom is 0.342 e. The van der Waals surface area contributed by atoms with Crippen LogP contribution in [0, 0.1) is 0 Å². The smallest absolute Gasteiger partial charge is 0.342 e. The van der Waals surface area contributed by atoms with E-state index in [0.29, 0.717) is 5.75 Å². The van der Waals surface area contributed by atoms with Crippen LogP contribution in [-0.2, 0) is 4.74 Å². The van der Waals surface area contributed by atoms with E-state index in [1.165, 1.54) is 12.3 Å². The van der Waals surface area contributed by atoms with Crippen molar-refractivity contribution in [2.75, 3.05) is 6.61 Å². The molecule has 0 amide bonds. The number of carbonyl (C=O) groups excluding carboxylic acids is 1. The van der Waals surface area contributed by atoms with Gasteiger partial charge in [0.05, 0.1) is 5.56 Å². The Morgan fingerprint density at radius 2 is 1.43 bits per heavy atom. The van der Waals surface area contributed by atoms with Gasteiger partial charge < -0.3 is 14.6 Å². The van der Waals surface area contributed by atoms with Crippen LogP contribution < -0.4 is 4.74 Å². The molecule has 2 aromatic carbocycles. The molecular formula is C29H24N2O4. The Morgan fingerprint density at radius 1 is 0.771 bits per heavy atom. The second-order valence-electron chi connectivity index (χ2n) is 7.70. The molecule has 6 nitrogen and oxygen atoms in total. The van der Waals surface area contributed by atoms with E-state index in [1.54, 1.807) is 48.9 Å². The molecular weight excluding hydrogens is 440 g/mol. The zero-order chi connectivity index (χ0) is 24.3. The van der Waals surface area contributed by atoms with Crippen molar-refractivity contribution in [1.82, 2.24) is 9.97 Å².